The minimum Gasteiger partial charge on any atom is -0.390 e. The Morgan fingerprint density at radius 3 is 2.45 bits per heavy atom. The van der Waals surface area contributed by atoms with Gasteiger partial charge in [0, 0.05) is 32.0 Å². The Hall–Kier alpha value is -1.14. The van der Waals surface area contributed by atoms with Crippen molar-refractivity contribution in [1.82, 2.24) is 10.6 Å². The number of carbonyl (C=O) groups is 2. The molecule has 4 atom stereocenters. The van der Waals surface area contributed by atoms with E-state index in [4.69, 9.17) is 4.74 Å². The van der Waals surface area contributed by atoms with E-state index < -0.39 is 5.60 Å². The molecule has 3 saturated carbocycles. The van der Waals surface area contributed by atoms with E-state index in [2.05, 4.69) is 24.5 Å². The number of methoxy groups -OCH3 is 1. The number of hydrogen-bond acceptors (Lipinski definition) is 4. The third-order valence-corrected chi connectivity index (χ3v) is 8.57. The first-order valence-corrected chi connectivity index (χ1v) is 12.4. The van der Waals surface area contributed by atoms with Crippen LogP contribution in [-0.2, 0) is 14.3 Å². The lowest BCUT2D eigenvalue weighted by atomic mass is 9.57. The molecule has 31 heavy (non-hydrogen) atoms. The van der Waals surface area contributed by atoms with Crippen molar-refractivity contribution in [3.05, 3.63) is 0 Å². The molecule has 4 unspecified atom stereocenters. The van der Waals surface area contributed by atoms with Crippen LogP contribution >= 0.6 is 0 Å². The molecule has 0 aromatic heterocycles. The zero-order chi connectivity index (χ0) is 22.7. The predicted molar refractivity (Wildman–Crippen MR) is 121 cm³/mol. The molecule has 3 rings (SSSR count). The van der Waals surface area contributed by atoms with Crippen molar-refractivity contribution < 1.29 is 19.4 Å². The first kappa shape index (κ1) is 24.5. The summed E-state index contributed by atoms with van der Waals surface area (Å²) in [5.74, 6) is 0.677. The van der Waals surface area contributed by atoms with Gasteiger partial charge >= 0.3 is 0 Å². The second-order valence-electron chi connectivity index (χ2n) is 11.4. The molecule has 0 heterocycles. The molecule has 3 aliphatic rings. The molecule has 0 aromatic rings. The summed E-state index contributed by atoms with van der Waals surface area (Å²) in [6.07, 6.45) is 9.96. The van der Waals surface area contributed by atoms with Crippen LogP contribution in [0.1, 0.15) is 91.4 Å². The Balaban J connectivity index is 1.77. The Bertz CT molecular complexity index is 641. The van der Waals surface area contributed by atoms with Gasteiger partial charge in [0.2, 0.25) is 11.8 Å². The average molecular weight is 437 g/mol. The Morgan fingerprint density at radius 2 is 1.77 bits per heavy atom. The summed E-state index contributed by atoms with van der Waals surface area (Å²) in [7, 11) is 1.63. The minimum atomic E-state index is -0.672. The van der Waals surface area contributed by atoms with Crippen molar-refractivity contribution >= 4 is 11.8 Å². The molecule has 6 heteroatoms. The van der Waals surface area contributed by atoms with Crippen molar-refractivity contribution in [3.63, 3.8) is 0 Å². The van der Waals surface area contributed by atoms with Crippen molar-refractivity contribution in [3.8, 4) is 0 Å². The maximum absolute atomic E-state index is 13.2. The van der Waals surface area contributed by atoms with Gasteiger partial charge in [-0.15, -0.1) is 0 Å². The lowest BCUT2D eigenvalue weighted by Crippen LogP contribution is -2.53. The fraction of sp³-hybridized carbons (Fsp3) is 0.920. The van der Waals surface area contributed by atoms with Crippen molar-refractivity contribution in [1.29, 1.82) is 0 Å². The topological polar surface area (TPSA) is 87.7 Å². The van der Waals surface area contributed by atoms with Gasteiger partial charge in [-0.3, -0.25) is 9.59 Å². The standard InChI is InChI=1S/C25H44N2O4/c1-23(2)17-20(27-22(29)18-8-6-5-7-9-18)25(11-10-21(28)26-14-15-31-4)13-12-24(3,30)16-19(23)25/h18-20,30H,5-17H2,1-4H3,(H,26,28)(H,27,29). The number of nitrogens with one attached hydrogen (secondary N) is 2. The molecule has 0 spiro atoms. The van der Waals surface area contributed by atoms with Crippen molar-refractivity contribution in [2.24, 2.45) is 22.7 Å². The summed E-state index contributed by atoms with van der Waals surface area (Å²) in [4.78, 5) is 25.7. The van der Waals surface area contributed by atoms with Gasteiger partial charge in [0.15, 0.2) is 0 Å². The molecule has 0 aliphatic heterocycles. The molecule has 3 fully saturated rings. The van der Waals surface area contributed by atoms with E-state index in [0.717, 1.165) is 57.8 Å². The van der Waals surface area contributed by atoms with Crippen LogP contribution in [0.5, 0.6) is 0 Å². The number of carbonyl (C=O) groups excluding carboxylic acids is 2. The number of amides is 2. The fourth-order valence-corrected chi connectivity index (χ4v) is 6.81. The number of hydrogen-bond donors (Lipinski definition) is 3. The van der Waals surface area contributed by atoms with Crippen LogP contribution in [0.15, 0.2) is 0 Å². The maximum atomic E-state index is 13.2. The van der Waals surface area contributed by atoms with Crippen molar-refractivity contribution in [2.45, 2.75) is 103 Å². The molecule has 0 radical (unpaired) electrons. The fourth-order valence-electron chi connectivity index (χ4n) is 6.81. The Labute approximate surface area is 188 Å². The van der Waals surface area contributed by atoms with E-state index in [1.807, 2.05) is 6.92 Å². The highest BCUT2D eigenvalue weighted by molar-refractivity contribution is 5.79. The zero-order valence-electron chi connectivity index (χ0n) is 20.1. The van der Waals surface area contributed by atoms with Crippen LogP contribution in [-0.4, -0.2) is 48.8 Å². The molecule has 0 saturated heterocycles. The summed E-state index contributed by atoms with van der Waals surface area (Å²) in [6.45, 7) is 7.53. The number of ether oxygens (including phenoxy) is 1. The van der Waals surface area contributed by atoms with Crippen LogP contribution in [0, 0.1) is 22.7 Å². The summed E-state index contributed by atoms with van der Waals surface area (Å²) < 4.78 is 5.03. The quantitative estimate of drug-likeness (QED) is 0.508. The van der Waals surface area contributed by atoms with Crippen LogP contribution < -0.4 is 10.6 Å². The van der Waals surface area contributed by atoms with E-state index in [1.165, 1.54) is 6.42 Å². The molecule has 178 valence electrons. The molecule has 3 aliphatic carbocycles. The highest BCUT2D eigenvalue weighted by Gasteiger charge is 2.61. The monoisotopic (exact) mass is 436 g/mol. The van der Waals surface area contributed by atoms with E-state index in [9.17, 15) is 14.7 Å². The first-order chi connectivity index (χ1) is 14.6. The Kier molecular flexibility index (Phi) is 7.73. The average Bonchev–Trinajstić information content (AvgIpc) is 2.93. The summed E-state index contributed by atoms with van der Waals surface area (Å²) in [5.41, 5.74) is -0.787. The van der Waals surface area contributed by atoms with E-state index >= 15 is 0 Å². The van der Waals surface area contributed by atoms with Gasteiger partial charge in [-0.2, -0.15) is 0 Å². The smallest absolute Gasteiger partial charge is 0.223 e. The molecular formula is C25H44N2O4. The number of fused-ring (bicyclic) bond motifs is 1. The van der Waals surface area contributed by atoms with Gasteiger partial charge in [0.25, 0.3) is 0 Å². The van der Waals surface area contributed by atoms with Gasteiger partial charge in [-0.25, -0.2) is 0 Å². The molecule has 2 amide bonds. The number of rotatable bonds is 8. The van der Waals surface area contributed by atoms with Crippen LogP contribution in [0.4, 0.5) is 0 Å². The van der Waals surface area contributed by atoms with Gasteiger partial charge < -0.3 is 20.5 Å². The zero-order valence-corrected chi connectivity index (χ0v) is 20.1. The van der Waals surface area contributed by atoms with Gasteiger partial charge in [0.1, 0.15) is 0 Å². The van der Waals surface area contributed by atoms with Gasteiger partial charge in [-0.05, 0) is 68.6 Å². The predicted octanol–water partition coefficient (Wildman–Crippen LogP) is 3.56. The lowest BCUT2D eigenvalue weighted by Gasteiger charge is -2.51. The molecule has 3 N–H and O–H groups in total. The largest absolute Gasteiger partial charge is 0.390 e. The summed E-state index contributed by atoms with van der Waals surface area (Å²) in [6, 6.07) is 0.0739. The minimum absolute atomic E-state index is 0.0153. The second kappa shape index (κ2) is 9.78. The van der Waals surface area contributed by atoms with Crippen LogP contribution in [0.3, 0.4) is 0 Å². The SMILES string of the molecule is COCCNC(=O)CCC12CCC(C)(O)CC1C(C)(C)CC2NC(=O)C1CCCCC1. The van der Waals surface area contributed by atoms with Gasteiger partial charge in [0.05, 0.1) is 12.2 Å². The summed E-state index contributed by atoms with van der Waals surface area (Å²) >= 11 is 0. The molecule has 6 nitrogen and oxygen atoms in total. The normalized spacial score (nSPS) is 35.4. The number of aliphatic hydroxyl groups is 1. The van der Waals surface area contributed by atoms with E-state index in [-0.39, 0.29) is 40.5 Å². The summed E-state index contributed by atoms with van der Waals surface area (Å²) in [5, 5.41) is 17.3. The molecule has 0 aromatic carbocycles. The van der Waals surface area contributed by atoms with E-state index in [1.54, 1.807) is 7.11 Å². The van der Waals surface area contributed by atoms with Crippen LogP contribution in [0.2, 0.25) is 0 Å². The molecular weight excluding hydrogens is 392 g/mol. The first-order valence-electron chi connectivity index (χ1n) is 12.4. The van der Waals surface area contributed by atoms with Crippen molar-refractivity contribution in [2.75, 3.05) is 20.3 Å². The third kappa shape index (κ3) is 5.62. The van der Waals surface area contributed by atoms with Crippen LogP contribution in [0.25, 0.3) is 0 Å². The third-order valence-electron chi connectivity index (χ3n) is 8.57. The Morgan fingerprint density at radius 1 is 1.06 bits per heavy atom. The second-order valence-corrected chi connectivity index (χ2v) is 11.4. The molecule has 0 bridgehead atoms. The lowest BCUT2D eigenvalue weighted by molar-refractivity contribution is -0.129. The van der Waals surface area contributed by atoms with E-state index in [0.29, 0.717) is 19.6 Å². The maximum Gasteiger partial charge on any atom is 0.223 e. The van der Waals surface area contributed by atoms with Gasteiger partial charge in [-0.1, -0.05) is 33.1 Å². The highest BCUT2D eigenvalue weighted by Crippen LogP contribution is 2.63. The highest BCUT2D eigenvalue weighted by atomic mass is 16.5.